The van der Waals surface area contributed by atoms with E-state index in [0.717, 1.165) is 17.7 Å². The lowest BCUT2D eigenvalue weighted by Crippen LogP contribution is -2.37. The number of piperidine rings is 1. The molecule has 1 fully saturated rings. The molecule has 2 aromatic heterocycles. The Labute approximate surface area is 122 Å². The van der Waals surface area contributed by atoms with E-state index < -0.39 is 10.0 Å². The number of sulfonamides is 1. The highest BCUT2D eigenvalue weighted by Gasteiger charge is 2.29. The molecular formula is C13H16N2O3S2. The summed E-state index contributed by atoms with van der Waals surface area (Å²) in [7, 11) is -3.37. The maximum absolute atomic E-state index is 12.6. The Bertz CT molecular complexity index is 668. The van der Waals surface area contributed by atoms with Gasteiger partial charge < -0.3 is 4.52 Å². The molecule has 1 aliphatic heterocycles. The van der Waals surface area contributed by atoms with Crippen LogP contribution in [0.2, 0.25) is 0 Å². The van der Waals surface area contributed by atoms with Gasteiger partial charge in [-0.25, -0.2) is 8.42 Å². The lowest BCUT2D eigenvalue weighted by molar-refractivity contribution is 0.288. The van der Waals surface area contributed by atoms with Crippen molar-refractivity contribution in [3.63, 3.8) is 0 Å². The zero-order valence-electron chi connectivity index (χ0n) is 11.2. The molecule has 0 amide bonds. The normalized spacial score (nSPS) is 18.4. The van der Waals surface area contributed by atoms with E-state index in [4.69, 9.17) is 4.52 Å². The monoisotopic (exact) mass is 312 g/mol. The maximum Gasteiger partial charge on any atom is 0.252 e. The molecule has 3 heterocycles. The lowest BCUT2D eigenvalue weighted by Gasteiger charge is -2.28. The van der Waals surface area contributed by atoms with Crippen molar-refractivity contribution < 1.29 is 12.9 Å². The first-order valence-corrected chi connectivity index (χ1v) is 8.84. The Morgan fingerprint density at radius 2 is 2.05 bits per heavy atom. The highest BCUT2D eigenvalue weighted by Crippen LogP contribution is 2.33. The van der Waals surface area contributed by atoms with Crippen LogP contribution in [0.5, 0.6) is 0 Å². The van der Waals surface area contributed by atoms with E-state index in [0.29, 0.717) is 29.0 Å². The van der Waals surface area contributed by atoms with Gasteiger partial charge in [0.15, 0.2) is 5.76 Å². The molecule has 7 heteroatoms. The second-order valence-electron chi connectivity index (χ2n) is 5.08. The van der Waals surface area contributed by atoms with Crippen LogP contribution < -0.4 is 0 Å². The van der Waals surface area contributed by atoms with Crippen molar-refractivity contribution in [2.24, 2.45) is 5.92 Å². The van der Waals surface area contributed by atoms with Crippen LogP contribution in [0.4, 0.5) is 0 Å². The van der Waals surface area contributed by atoms with Crippen molar-refractivity contribution in [1.29, 1.82) is 0 Å². The van der Waals surface area contributed by atoms with Gasteiger partial charge in [-0.3, -0.25) is 0 Å². The second-order valence-corrected chi connectivity index (χ2v) is 8.33. The van der Waals surface area contributed by atoms with Crippen molar-refractivity contribution in [1.82, 2.24) is 9.46 Å². The van der Waals surface area contributed by atoms with Crippen LogP contribution in [-0.2, 0) is 10.0 Å². The quantitative estimate of drug-likeness (QED) is 0.874. The summed E-state index contributed by atoms with van der Waals surface area (Å²) in [6, 6.07) is 5.14. The summed E-state index contributed by atoms with van der Waals surface area (Å²) in [6.45, 7) is 3.38. The Morgan fingerprint density at radius 3 is 2.70 bits per heavy atom. The highest BCUT2D eigenvalue weighted by atomic mass is 32.2. The van der Waals surface area contributed by atoms with Crippen molar-refractivity contribution in [3.05, 3.63) is 24.4 Å². The molecule has 0 atom stereocenters. The summed E-state index contributed by atoms with van der Waals surface area (Å²) in [6.07, 6.45) is 3.41. The van der Waals surface area contributed by atoms with Crippen LogP contribution in [0, 0.1) is 5.92 Å². The Hall–Kier alpha value is -1.18. The summed E-state index contributed by atoms with van der Waals surface area (Å²) < 4.78 is 32.2. The van der Waals surface area contributed by atoms with Gasteiger partial charge >= 0.3 is 0 Å². The Balaban J connectivity index is 1.85. The molecule has 0 radical (unpaired) electrons. The third kappa shape index (κ3) is 2.53. The molecule has 108 valence electrons. The van der Waals surface area contributed by atoms with E-state index in [1.54, 1.807) is 28.7 Å². The fourth-order valence-corrected chi connectivity index (χ4v) is 5.17. The molecule has 3 rings (SSSR count). The lowest BCUT2D eigenvalue weighted by atomic mass is 10.0. The SMILES string of the molecule is CC1CCN(S(=O)(=O)c2ccc(-c3ccno3)s2)CC1. The number of nitrogens with zero attached hydrogens (tertiary/aromatic N) is 2. The van der Waals surface area contributed by atoms with Gasteiger partial charge in [-0.05, 0) is 30.9 Å². The van der Waals surface area contributed by atoms with Gasteiger partial charge in [0.05, 0.1) is 11.1 Å². The summed E-state index contributed by atoms with van der Waals surface area (Å²) >= 11 is 1.23. The molecule has 0 unspecified atom stereocenters. The largest absolute Gasteiger partial charge is 0.355 e. The number of hydrogen-bond acceptors (Lipinski definition) is 5. The van der Waals surface area contributed by atoms with Crippen LogP contribution in [-0.4, -0.2) is 31.0 Å². The minimum Gasteiger partial charge on any atom is -0.355 e. The summed E-state index contributed by atoms with van der Waals surface area (Å²) in [5, 5.41) is 3.64. The summed E-state index contributed by atoms with van der Waals surface area (Å²) in [4.78, 5) is 0.784. The standard InChI is InChI=1S/C13H16N2O3S2/c1-10-5-8-15(9-6-10)20(16,17)13-3-2-12(19-13)11-4-7-14-18-11/h2-4,7,10H,5-6,8-9H2,1H3. The number of rotatable bonds is 3. The molecule has 0 bridgehead atoms. The number of hydrogen-bond donors (Lipinski definition) is 0. The molecule has 0 N–H and O–H groups in total. The average Bonchev–Trinajstić information content (AvgIpc) is 3.10. The molecule has 20 heavy (non-hydrogen) atoms. The van der Waals surface area contributed by atoms with Gasteiger partial charge in [0.2, 0.25) is 0 Å². The van der Waals surface area contributed by atoms with Crippen LogP contribution in [0.15, 0.2) is 33.1 Å². The fourth-order valence-electron chi connectivity index (χ4n) is 2.29. The number of aromatic nitrogens is 1. The minimum absolute atomic E-state index is 0.374. The highest BCUT2D eigenvalue weighted by molar-refractivity contribution is 7.91. The molecule has 0 spiro atoms. The van der Waals surface area contributed by atoms with Crippen molar-refractivity contribution >= 4 is 21.4 Å². The van der Waals surface area contributed by atoms with E-state index in [-0.39, 0.29) is 0 Å². The zero-order chi connectivity index (χ0) is 14.2. The second kappa shape index (κ2) is 5.31. The topological polar surface area (TPSA) is 63.4 Å². The first-order valence-electron chi connectivity index (χ1n) is 6.58. The van der Waals surface area contributed by atoms with Gasteiger partial charge in [0.25, 0.3) is 10.0 Å². The molecule has 1 aliphatic rings. The van der Waals surface area contributed by atoms with Crippen molar-refractivity contribution in [2.75, 3.05) is 13.1 Å². The van der Waals surface area contributed by atoms with Gasteiger partial charge in [-0.2, -0.15) is 4.31 Å². The Kier molecular flexibility index (Phi) is 3.66. The zero-order valence-corrected chi connectivity index (χ0v) is 12.8. The molecular weight excluding hydrogens is 296 g/mol. The van der Waals surface area contributed by atoms with Crippen LogP contribution in [0.3, 0.4) is 0 Å². The van der Waals surface area contributed by atoms with Gasteiger partial charge in [0, 0.05) is 19.2 Å². The summed E-state index contributed by atoms with van der Waals surface area (Å²) in [5.74, 6) is 1.21. The predicted molar refractivity (Wildman–Crippen MR) is 77.0 cm³/mol. The third-order valence-corrected chi connectivity index (χ3v) is 7.06. The molecule has 1 saturated heterocycles. The molecule has 2 aromatic rings. The molecule has 0 aliphatic carbocycles. The molecule has 5 nitrogen and oxygen atoms in total. The predicted octanol–water partition coefficient (Wildman–Crippen LogP) is 2.82. The van der Waals surface area contributed by atoms with E-state index in [2.05, 4.69) is 12.1 Å². The van der Waals surface area contributed by atoms with Gasteiger partial charge in [-0.15, -0.1) is 11.3 Å². The maximum atomic E-state index is 12.6. The van der Waals surface area contributed by atoms with E-state index in [1.807, 2.05) is 0 Å². The summed E-state index contributed by atoms with van der Waals surface area (Å²) in [5.41, 5.74) is 0. The average molecular weight is 312 g/mol. The Morgan fingerprint density at radius 1 is 1.30 bits per heavy atom. The van der Waals surface area contributed by atoms with Gasteiger partial charge in [0.1, 0.15) is 4.21 Å². The first kappa shape index (κ1) is 13.8. The van der Waals surface area contributed by atoms with Crippen LogP contribution in [0.1, 0.15) is 19.8 Å². The van der Waals surface area contributed by atoms with E-state index in [1.165, 1.54) is 11.3 Å². The van der Waals surface area contributed by atoms with Crippen molar-refractivity contribution in [2.45, 2.75) is 24.0 Å². The fraction of sp³-hybridized carbons (Fsp3) is 0.462. The van der Waals surface area contributed by atoms with Crippen LogP contribution in [0.25, 0.3) is 10.6 Å². The first-order chi connectivity index (χ1) is 9.57. The number of thiophene rings is 1. The molecule has 0 aromatic carbocycles. The molecule has 0 saturated carbocycles. The van der Waals surface area contributed by atoms with Crippen molar-refractivity contribution in [3.8, 4) is 10.6 Å². The van der Waals surface area contributed by atoms with E-state index >= 15 is 0 Å². The van der Waals surface area contributed by atoms with Gasteiger partial charge in [-0.1, -0.05) is 12.1 Å². The minimum atomic E-state index is -3.37. The third-order valence-electron chi connectivity index (χ3n) is 3.60. The smallest absolute Gasteiger partial charge is 0.252 e. The van der Waals surface area contributed by atoms with Crippen LogP contribution >= 0.6 is 11.3 Å². The van der Waals surface area contributed by atoms with E-state index in [9.17, 15) is 8.42 Å².